The van der Waals surface area contributed by atoms with Crippen molar-refractivity contribution >= 4 is 11.7 Å². The van der Waals surface area contributed by atoms with Crippen molar-refractivity contribution in [3.05, 3.63) is 5.69 Å². The third-order valence-electron chi connectivity index (χ3n) is 0.925. The minimum absolute atomic E-state index is 0.107. The van der Waals surface area contributed by atoms with Crippen molar-refractivity contribution < 1.29 is 5.21 Å². The normalized spacial score (nSPS) is 11.8. The molecule has 1 aromatic heterocycles. The first-order valence-electron chi connectivity index (χ1n) is 2.40. The fourth-order valence-corrected chi connectivity index (χ4v) is 0.475. The third kappa shape index (κ3) is 0.835. The molecule has 0 amide bonds. The summed E-state index contributed by atoms with van der Waals surface area (Å²) in [4.78, 5) is 0. The highest BCUT2D eigenvalue weighted by molar-refractivity contribution is 5.98. The van der Waals surface area contributed by atoms with E-state index < -0.39 is 0 Å². The van der Waals surface area contributed by atoms with Gasteiger partial charge in [-0.15, -0.1) is 5.10 Å². The number of oxime groups is 1. The summed E-state index contributed by atoms with van der Waals surface area (Å²) in [6.45, 7) is 0. The fourth-order valence-electron chi connectivity index (χ4n) is 0.475. The average molecular weight is 142 g/mol. The lowest BCUT2D eigenvalue weighted by Gasteiger charge is -1.89. The fraction of sp³-hybridized carbons (Fsp3) is 0. The molecule has 0 aliphatic heterocycles. The molecule has 0 saturated carbocycles. The highest BCUT2D eigenvalue weighted by Gasteiger charge is 2.07. The zero-order chi connectivity index (χ0) is 7.56. The number of nitrogens with zero attached hydrogens (tertiary/aromatic N) is 3. The van der Waals surface area contributed by atoms with Crippen LogP contribution in [0.4, 0.5) is 5.82 Å². The molecule has 0 fully saturated rings. The molecule has 0 radical (unpaired) electrons. The topological polar surface area (TPSA) is 126 Å². The van der Waals surface area contributed by atoms with E-state index in [-0.39, 0.29) is 17.3 Å². The maximum atomic E-state index is 8.16. The molecule has 6 N–H and O–H groups in total. The summed E-state index contributed by atoms with van der Waals surface area (Å²) in [7, 11) is 0. The van der Waals surface area contributed by atoms with Crippen LogP contribution in [0.2, 0.25) is 0 Å². The lowest BCUT2D eigenvalue weighted by molar-refractivity contribution is 0.318. The number of anilines is 1. The zero-order valence-corrected chi connectivity index (χ0v) is 4.94. The highest BCUT2D eigenvalue weighted by atomic mass is 16.4. The van der Waals surface area contributed by atoms with Gasteiger partial charge in [-0.3, -0.25) is 0 Å². The van der Waals surface area contributed by atoms with Crippen LogP contribution in [0.5, 0.6) is 0 Å². The SMILES string of the molecule is N/C(=N/O)c1n[nH]nc1N. The van der Waals surface area contributed by atoms with E-state index in [9.17, 15) is 0 Å². The summed E-state index contributed by atoms with van der Waals surface area (Å²) >= 11 is 0. The standard InChI is InChI=1S/C3H6N6O/c4-2-1(3(5)8-10)6-9-7-2/h10H,(H2,5,8)(H3,4,6,7,9). The Balaban J connectivity index is 3.05. The minimum Gasteiger partial charge on any atom is -0.409 e. The van der Waals surface area contributed by atoms with E-state index in [2.05, 4.69) is 20.6 Å². The number of amidine groups is 1. The van der Waals surface area contributed by atoms with Gasteiger partial charge >= 0.3 is 0 Å². The zero-order valence-electron chi connectivity index (χ0n) is 4.94. The van der Waals surface area contributed by atoms with Gasteiger partial charge in [0.2, 0.25) is 0 Å². The molecule has 0 unspecified atom stereocenters. The van der Waals surface area contributed by atoms with Crippen molar-refractivity contribution in [2.75, 3.05) is 5.73 Å². The molecule has 7 heteroatoms. The number of nitrogens with one attached hydrogen (secondary N) is 1. The molecule has 1 aromatic rings. The lowest BCUT2D eigenvalue weighted by Crippen LogP contribution is -2.15. The van der Waals surface area contributed by atoms with Crippen LogP contribution in [0.25, 0.3) is 0 Å². The highest BCUT2D eigenvalue weighted by Crippen LogP contribution is 1.99. The second-order valence-electron chi connectivity index (χ2n) is 1.54. The Kier molecular flexibility index (Phi) is 1.40. The van der Waals surface area contributed by atoms with E-state index in [1.165, 1.54) is 0 Å². The van der Waals surface area contributed by atoms with Crippen LogP contribution in [-0.2, 0) is 0 Å². The molecule has 0 aliphatic carbocycles. The van der Waals surface area contributed by atoms with E-state index in [0.717, 1.165) is 0 Å². The average Bonchev–Trinajstić information content (AvgIpc) is 2.34. The van der Waals surface area contributed by atoms with Crippen LogP contribution >= 0.6 is 0 Å². The minimum atomic E-state index is -0.161. The molecule has 7 nitrogen and oxygen atoms in total. The van der Waals surface area contributed by atoms with Gasteiger partial charge in [0.05, 0.1) is 0 Å². The molecule has 0 atom stereocenters. The Morgan fingerprint density at radius 3 is 2.70 bits per heavy atom. The smallest absolute Gasteiger partial charge is 0.194 e. The number of H-pyrrole nitrogens is 1. The number of aromatic nitrogens is 3. The molecule has 1 rings (SSSR count). The van der Waals surface area contributed by atoms with Crippen LogP contribution in [0.3, 0.4) is 0 Å². The van der Waals surface area contributed by atoms with Crippen LogP contribution in [0.1, 0.15) is 5.69 Å². The molecule has 0 saturated heterocycles. The quantitative estimate of drug-likeness (QED) is 0.164. The molecule has 0 aromatic carbocycles. The molecular weight excluding hydrogens is 136 g/mol. The van der Waals surface area contributed by atoms with Gasteiger partial charge in [-0.1, -0.05) is 5.16 Å². The van der Waals surface area contributed by atoms with Crippen molar-refractivity contribution in [1.29, 1.82) is 0 Å². The molecule has 1 heterocycles. The molecule has 10 heavy (non-hydrogen) atoms. The van der Waals surface area contributed by atoms with Crippen LogP contribution < -0.4 is 11.5 Å². The van der Waals surface area contributed by atoms with Gasteiger partial charge in [0.15, 0.2) is 17.3 Å². The van der Waals surface area contributed by atoms with Gasteiger partial charge in [-0.05, 0) is 0 Å². The first-order chi connectivity index (χ1) is 4.75. The van der Waals surface area contributed by atoms with Crippen molar-refractivity contribution in [2.45, 2.75) is 0 Å². The van der Waals surface area contributed by atoms with Crippen molar-refractivity contribution in [2.24, 2.45) is 10.9 Å². The molecule has 0 spiro atoms. The van der Waals surface area contributed by atoms with E-state index in [1.54, 1.807) is 0 Å². The Hall–Kier alpha value is -1.79. The second kappa shape index (κ2) is 2.21. The Morgan fingerprint density at radius 2 is 2.30 bits per heavy atom. The molecule has 54 valence electrons. The predicted molar refractivity (Wildman–Crippen MR) is 33.3 cm³/mol. The van der Waals surface area contributed by atoms with Crippen LogP contribution in [-0.4, -0.2) is 26.5 Å². The summed E-state index contributed by atoms with van der Waals surface area (Å²) < 4.78 is 0. The summed E-state index contributed by atoms with van der Waals surface area (Å²) in [5, 5.41) is 20.0. The first kappa shape index (κ1) is 6.33. The maximum absolute atomic E-state index is 8.16. The van der Waals surface area contributed by atoms with E-state index in [1.807, 2.05) is 0 Å². The molecule has 0 bridgehead atoms. The lowest BCUT2D eigenvalue weighted by atomic mass is 10.4. The van der Waals surface area contributed by atoms with E-state index >= 15 is 0 Å². The van der Waals surface area contributed by atoms with Crippen molar-refractivity contribution in [1.82, 2.24) is 15.4 Å². The van der Waals surface area contributed by atoms with Gasteiger partial charge in [-0.25, -0.2) is 0 Å². The number of rotatable bonds is 1. The Bertz CT molecular complexity index is 251. The van der Waals surface area contributed by atoms with Gasteiger partial charge in [0, 0.05) is 0 Å². The predicted octanol–water partition coefficient (Wildman–Crippen LogP) is -1.52. The van der Waals surface area contributed by atoms with Gasteiger partial charge < -0.3 is 16.7 Å². The monoisotopic (exact) mass is 142 g/mol. The summed E-state index contributed by atoms with van der Waals surface area (Å²) in [6, 6.07) is 0. The van der Waals surface area contributed by atoms with Gasteiger partial charge in [0.25, 0.3) is 0 Å². The first-order valence-corrected chi connectivity index (χ1v) is 2.40. The Morgan fingerprint density at radius 1 is 1.60 bits per heavy atom. The number of hydrogen-bond acceptors (Lipinski definition) is 5. The number of aromatic amines is 1. The molecule has 0 aliphatic rings. The second-order valence-corrected chi connectivity index (χ2v) is 1.54. The van der Waals surface area contributed by atoms with Crippen molar-refractivity contribution in [3.63, 3.8) is 0 Å². The number of nitrogen functional groups attached to an aromatic ring is 1. The van der Waals surface area contributed by atoms with E-state index in [4.69, 9.17) is 16.7 Å². The van der Waals surface area contributed by atoms with E-state index in [0.29, 0.717) is 0 Å². The maximum Gasteiger partial charge on any atom is 0.194 e. The summed E-state index contributed by atoms with van der Waals surface area (Å²) in [5.41, 5.74) is 10.5. The van der Waals surface area contributed by atoms with Crippen LogP contribution in [0.15, 0.2) is 5.16 Å². The number of hydrogen-bond donors (Lipinski definition) is 4. The summed E-state index contributed by atoms with van der Waals surface area (Å²) in [5.74, 6) is -0.0541. The third-order valence-corrected chi connectivity index (χ3v) is 0.925. The summed E-state index contributed by atoms with van der Waals surface area (Å²) in [6.07, 6.45) is 0. The van der Waals surface area contributed by atoms with Crippen molar-refractivity contribution in [3.8, 4) is 0 Å². The molecular formula is C3H6N6O. The van der Waals surface area contributed by atoms with Crippen LogP contribution in [0, 0.1) is 0 Å². The largest absolute Gasteiger partial charge is 0.409 e. The Labute approximate surface area is 55.7 Å². The van der Waals surface area contributed by atoms with Gasteiger partial charge in [0.1, 0.15) is 0 Å². The number of nitrogens with two attached hydrogens (primary N) is 2. The van der Waals surface area contributed by atoms with Gasteiger partial charge in [-0.2, -0.15) is 10.3 Å².